The Morgan fingerprint density at radius 2 is 1.73 bits per heavy atom. The van der Waals surface area contributed by atoms with Crippen molar-refractivity contribution in [1.29, 1.82) is 0 Å². The first-order valence-corrected chi connectivity index (χ1v) is 15.8. The van der Waals surface area contributed by atoms with Crippen LogP contribution in [0.25, 0.3) is 11.1 Å². The van der Waals surface area contributed by atoms with E-state index in [4.69, 9.17) is 12.3 Å². The highest BCUT2D eigenvalue weighted by atomic mass is 32.2. The number of likely N-dealkylation sites (N-methyl/N-ethyl adjacent to an activating group) is 1. The van der Waals surface area contributed by atoms with E-state index in [9.17, 15) is 29.9 Å². The average molecular weight is 692 g/mol. The fourth-order valence-corrected chi connectivity index (χ4v) is 6.01. The predicted octanol–water partition coefficient (Wildman–Crippen LogP) is 7.53. The molecule has 4 aromatic rings. The second kappa shape index (κ2) is 15.5. The smallest absolute Gasteiger partial charge is 0.336 e. The van der Waals surface area contributed by atoms with Crippen LogP contribution in [-0.4, -0.2) is 51.3 Å². The SMILES string of the molecule is [2H]c1c([2H])c(C([2H])([2H])N(CCN(C([2H])([2H])C)C([2H])([2H])C)C(=O)Cn2c(SC([2H])([2H])c3ccc(F)cc3)nc(=O)c3c2CCC3)c([2H])c(C)c1-c1ccc(C(F)(F)F)cc1. The number of halogens is 4. The number of hydrogen-bond donors (Lipinski definition) is 0. The molecule has 0 saturated heterocycles. The van der Waals surface area contributed by atoms with Crippen LogP contribution < -0.4 is 5.56 Å². The lowest BCUT2D eigenvalue weighted by Gasteiger charge is -2.28. The molecule has 3 aromatic carbocycles. The van der Waals surface area contributed by atoms with Gasteiger partial charge in [-0.1, -0.05) is 68.0 Å². The highest BCUT2D eigenvalue weighted by Crippen LogP contribution is 2.32. The van der Waals surface area contributed by atoms with Gasteiger partial charge in [-0.2, -0.15) is 18.2 Å². The van der Waals surface area contributed by atoms with Crippen LogP contribution in [0, 0.1) is 12.7 Å². The minimum absolute atomic E-state index is 0.00418. The Hall–Kier alpha value is -3.96. The number of alkyl halides is 3. The molecule has 0 bridgehead atoms. The van der Waals surface area contributed by atoms with Crippen LogP contribution in [0.3, 0.4) is 0 Å². The largest absolute Gasteiger partial charge is 0.416 e. The monoisotopic (exact) mass is 691 g/mol. The van der Waals surface area contributed by atoms with Gasteiger partial charge in [0.15, 0.2) is 5.16 Å². The number of nitrogens with zero attached hydrogens (tertiary/aromatic N) is 4. The molecule has 254 valence electrons. The molecule has 1 heterocycles. The van der Waals surface area contributed by atoms with Crippen LogP contribution in [0.1, 0.15) is 68.9 Å². The third-order valence-corrected chi connectivity index (χ3v) is 8.57. The molecular weight excluding hydrogens is 640 g/mol. The predicted molar refractivity (Wildman–Crippen MR) is 181 cm³/mol. The zero-order valence-corrected chi connectivity index (χ0v) is 27.2. The zero-order chi connectivity index (χ0) is 44.2. The summed E-state index contributed by atoms with van der Waals surface area (Å²) in [6, 6.07) is 5.94. The van der Waals surface area contributed by atoms with Gasteiger partial charge in [0.05, 0.1) is 12.4 Å². The molecule has 1 aliphatic rings. The summed E-state index contributed by atoms with van der Waals surface area (Å²) in [5, 5.41) is -0.275. The van der Waals surface area contributed by atoms with Crippen LogP contribution in [0.15, 0.2) is 76.6 Å². The van der Waals surface area contributed by atoms with E-state index in [1.165, 1.54) is 23.6 Å². The van der Waals surface area contributed by atoms with Crippen LogP contribution in [0.4, 0.5) is 17.6 Å². The van der Waals surface area contributed by atoms with E-state index >= 15 is 0 Å². The maximum atomic E-state index is 14.7. The summed E-state index contributed by atoms with van der Waals surface area (Å²) < 4.78 is 151. The van der Waals surface area contributed by atoms with Crippen LogP contribution in [0.2, 0.25) is 0 Å². The molecule has 0 N–H and O–H groups in total. The number of rotatable bonds is 13. The molecule has 0 radical (unpaired) electrons. The maximum absolute atomic E-state index is 14.7. The Morgan fingerprint density at radius 1 is 1.02 bits per heavy atom. The van der Waals surface area contributed by atoms with Crippen LogP contribution in [-0.2, 0) is 42.6 Å². The van der Waals surface area contributed by atoms with Crippen molar-refractivity contribution in [3.8, 4) is 11.1 Å². The summed E-state index contributed by atoms with van der Waals surface area (Å²) in [6.45, 7) is -6.63. The Labute approximate surface area is 298 Å². The Morgan fingerprint density at radius 3 is 2.40 bits per heavy atom. The first kappa shape index (κ1) is 23.4. The molecule has 1 aromatic heterocycles. The molecule has 11 heteroatoms. The van der Waals surface area contributed by atoms with Gasteiger partial charge in [-0.15, -0.1) is 0 Å². The summed E-state index contributed by atoms with van der Waals surface area (Å²) >= 11 is 0.448. The van der Waals surface area contributed by atoms with Crippen molar-refractivity contribution in [3.63, 3.8) is 0 Å². The Bertz CT molecular complexity index is 2260. The highest BCUT2D eigenvalue weighted by molar-refractivity contribution is 7.98. The number of hydrogen-bond acceptors (Lipinski definition) is 5. The van der Waals surface area contributed by atoms with E-state index in [2.05, 4.69) is 4.98 Å². The number of thioether (sulfide) groups is 1. The molecule has 0 unspecified atom stereocenters. The molecule has 0 fully saturated rings. The van der Waals surface area contributed by atoms with Gasteiger partial charge in [0, 0.05) is 44.8 Å². The van der Waals surface area contributed by atoms with Crippen molar-refractivity contribution in [3.05, 3.63) is 116 Å². The first-order chi connectivity index (χ1) is 27.1. The standard InChI is InChI=1S/C37H40F4N4O2S/c1-4-43(5-2)19-20-44(22-27-11-18-31(25(3)21-27)28-12-14-29(15-13-28)37(39,40)41)34(46)23-45-33-8-6-7-32(33)35(47)42-36(45)48-24-26-9-16-30(38)17-10-26/h9-18,21H,4-8,19-20,22-24H2,1-3H3/i4D2,5D2,11D,18D,21D,22D2,24D2. The lowest BCUT2D eigenvalue weighted by atomic mass is 9.97. The van der Waals surface area contributed by atoms with E-state index in [1.54, 1.807) is 0 Å². The number of benzene rings is 3. The van der Waals surface area contributed by atoms with E-state index in [0.29, 0.717) is 28.8 Å². The second-order valence-electron chi connectivity index (χ2n) is 10.9. The van der Waals surface area contributed by atoms with Crippen LogP contribution in [0.5, 0.6) is 0 Å². The first-order valence-electron chi connectivity index (χ1n) is 20.5. The normalized spacial score (nSPS) is 17.4. The van der Waals surface area contributed by atoms with Gasteiger partial charge >= 0.3 is 6.18 Å². The summed E-state index contributed by atoms with van der Waals surface area (Å²) in [5.74, 6) is -1.72. The summed E-state index contributed by atoms with van der Waals surface area (Å²) in [5.41, 5.74) is -4.37. The van der Waals surface area contributed by atoms with Gasteiger partial charge in [-0.25, -0.2) is 4.39 Å². The Kier molecular flexibility index (Phi) is 7.56. The zero-order valence-electron chi connectivity index (χ0n) is 37.4. The summed E-state index contributed by atoms with van der Waals surface area (Å²) in [4.78, 5) is 33.2. The van der Waals surface area contributed by atoms with Crippen molar-refractivity contribution < 1.29 is 37.4 Å². The molecule has 0 atom stereocenters. The fourth-order valence-electron chi connectivity index (χ4n) is 5.25. The molecule has 0 spiro atoms. The lowest BCUT2D eigenvalue weighted by Crippen LogP contribution is -2.40. The van der Waals surface area contributed by atoms with E-state index in [0.717, 1.165) is 55.1 Å². The lowest BCUT2D eigenvalue weighted by molar-refractivity contribution is -0.137. The topological polar surface area (TPSA) is 58.4 Å². The molecule has 6 nitrogen and oxygen atoms in total. The number of fused-ring (bicyclic) bond motifs is 1. The van der Waals surface area contributed by atoms with E-state index in [1.807, 2.05) is 0 Å². The molecule has 1 amide bonds. The minimum atomic E-state index is -4.67. The molecule has 1 aliphatic carbocycles. The number of amides is 1. The highest BCUT2D eigenvalue weighted by Gasteiger charge is 2.30. The van der Waals surface area contributed by atoms with Gasteiger partial charge in [-0.3, -0.25) is 9.59 Å². The third-order valence-electron chi connectivity index (χ3n) is 7.73. The van der Waals surface area contributed by atoms with Gasteiger partial charge in [0.1, 0.15) is 12.4 Å². The molecular formula is C37H40F4N4O2S. The van der Waals surface area contributed by atoms with Gasteiger partial charge in [0.2, 0.25) is 5.91 Å². The fraction of sp³-hybridized carbons (Fsp3) is 0.378. The van der Waals surface area contributed by atoms with Crippen molar-refractivity contribution in [2.45, 2.75) is 70.1 Å². The van der Waals surface area contributed by atoms with Gasteiger partial charge in [-0.05, 0) is 91.3 Å². The summed E-state index contributed by atoms with van der Waals surface area (Å²) in [6.07, 6.45) is -3.67. The quantitative estimate of drug-likeness (QED) is 0.0825. The maximum Gasteiger partial charge on any atom is 0.416 e. The minimum Gasteiger partial charge on any atom is -0.336 e. The van der Waals surface area contributed by atoms with Crippen molar-refractivity contribution >= 4 is 17.7 Å². The van der Waals surface area contributed by atoms with E-state index in [-0.39, 0.29) is 45.8 Å². The average Bonchev–Trinajstić information content (AvgIpc) is 3.61. The molecule has 5 rings (SSSR count). The molecule has 0 saturated carbocycles. The van der Waals surface area contributed by atoms with Crippen molar-refractivity contribution in [2.75, 3.05) is 26.1 Å². The third kappa shape index (κ3) is 8.54. The number of carbonyl (C=O) groups is 1. The van der Waals surface area contributed by atoms with E-state index < -0.39 is 97.5 Å². The second-order valence-corrected chi connectivity index (χ2v) is 11.6. The number of carbonyl (C=O) groups excluding carboxylic acids is 1. The van der Waals surface area contributed by atoms with Crippen molar-refractivity contribution in [1.82, 2.24) is 19.4 Å². The molecule has 0 aliphatic heterocycles. The molecule has 48 heavy (non-hydrogen) atoms. The van der Waals surface area contributed by atoms with Crippen molar-refractivity contribution in [2.24, 2.45) is 0 Å². The van der Waals surface area contributed by atoms with Crippen LogP contribution >= 0.6 is 11.8 Å². The van der Waals surface area contributed by atoms with Gasteiger partial charge in [0.25, 0.3) is 5.56 Å². The van der Waals surface area contributed by atoms with Gasteiger partial charge < -0.3 is 14.4 Å². The number of aromatic nitrogens is 2. The Balaban J connectivity index is 1.65. The summed E-state index contributed by atoms with van der Waals surface area (Å²) in [7, 11) is 0.